The molecule has 1 fully saturated rings. The first-order valence-electron chi connectivity index (χ1n) is 4.40. The molecule has 68 valence electrons. The molecule has 0 radical (unpaired) electrons. The zero-order chi connectivity index (χ0) is 9.31. The molecule has 1 unspecified atom stereocenters. The zero-order valence-corrected chi connectivity index (χ0v) is 7.35. The predicted octanol–water partition coefficient (Wildman–Crippen LogP) is 0.514. The first-order valence-corrected chi connectivity index (χ1v) is 4.40. The number of imidazole rings is 1. The van der Waals surface area contributed by atoms with Crippen LogP contribution in [0, 0.1) is 17.2 Å². The second-order valence-corrected chi connectivity index (χ2v) is 3.66. The Bertz CT molecular complexity index is 320. The van der Waals surface area contributed by atoms with Gasteiger partial charge in [-0.2, -0.15) is 5.26 Å². The number of hydrogen-bond acceptors (Lipinski definition) is 3. The van der Waals surface area contributed by atoms with Crippen LogP contribution < -0.4 is 5.73 Å². The SMILES string of the molecule is N#CC(N)(Cn1ccnc1)C1CC1. The second kappa shape index (κ2) is 2.86. The van der Waals surface area contributed by atoms with Gasteiger partial charge in [0.15, 0.2) is 0 Å². The molecule has 0 spiro atoms. The highest BCUT2D eigenvalue weighted by Gasteiger charge is 2.42. The summed E-state index contributed by atoms with van der Waals surface area (Å²) < 4.78 is 1.86. The van der Waals surface area contributed by atoms with E-state index in [1.807, 2.05) is 10.8 Å². The standard InChI is InChI=1S/C9H12N4/c10-5-9(11,8-1-2-8)6-13-4-3-12-7-13/h3-4,7-8H,1-2,6,11H2. The largest absolute Gasteiger partial charge is 0.335 e. The van der Waals surface area contributed by atoms with Crippen LogP contribution >= 0.6 is 0 Å². The highest BCUT2D eigenvalue weighted by atomic mass is 15.1. The van der Waals surface area contributed by atoms with Crippen molar-refractivity contribution in [3.63, 3.8) is 0 Å². The minimum atomic E-state index is -0.694. The van der Waals surface area contributed by atoms with E-state index in [0.717, 1.165) is 12.8 Å². The fraction of sp³-hybridized carbons (Fsp3) is 0.556. The topological polar surface area (TPSA) is 67.6 Å². The third-order valence-electron chi connectivity index (χ3n) is 2.52. The fourth-order valence-corrected chi connectivity index (χ4v) is 1.54. The molecule has 4 nitrogen and oxygen atoms in total. The number of nitriles is 1. The molecule has 1 aliphatic carbocycles. The molecule has 0 bridgehead atoms. The average Bonchev–Trinajstić information content (AvgIpc) is 2.88. The first kappa shape index (κ1) is 8.27. The van der Waals surface area contributed by atoms with Gasteiger partial charge in [0.25, 0.3) is 0 Å². The van der Waals surface area contributed by atoms with Gasteiger partial charge in [-0.15, -0.1) is 0 Å². The van der Waals surface area contributed by atoms with Crippen molar-refractivity contribution in [1.82, 2.24) is 9.55 Å². The van der Waals surface area contributed by atoms with E-state index >= 15 is 0 Å². The normalized spacial score (nSPS) is 20.6. The Morgan fingerprint density at radius 1 is 1.69 bits per heavy atom. The van der Waals surface area contributed by atoms with Gasteiger partial charge in [0.2, 0.25) is 0 Å². The van der Waals surface area contributed by atoms with E-state index in [1.165, 1.54) is 0 Å². The summed E-state index contributed by atoms with van der Waals surface area (Å²) >= 11 is 0. The third-order valence-corrected chi connectivity index (χ3v) is 2.52. The van der Waals surface area contributed by atoms with E-state index < -0.39 is 5.54 Å². The Morgan fingerprint density at radius 2 is 2.46 bits per heavy atom. The summed E-state index contributed by atoms with van der Waals surface area (Å²) in [5.74, 6) is 0.375. The monoisotopic (exact) mass is 176 g/mol. The summed E-state index contributed by atoms with van der Waals surface area (Å²) in [4.78, 5) is 3.92. The van der Waals surface area contributed by atoms with Gasteiger partial charge in [0.05, 0.1) is 18.9 Å². The van der Waals surface area contributed by atoms with E-state index in [2.05, 4.69) is 11.1 Å². The number of hydrogen-bond donors (Lipinski definition) is 1. The molecule has 1 aromatic heterocycles. The molecule has 0 amide bonds. The quantitative estimate of drug-likeness (QED) is 0.729. The molecule has 0 aromatic carbocycles. The van der Waals surface area contributed by atoms with Crippen LogP contribution in [0.2, 0.25) is 0 Å². The molecule has 0 aliphatic heterocycles. The van der Waals surface area contributed by atoms with Gasteiger partial charge in [0, 0.05) is 12.4 Å². The van der Waals surface area contributed by atoms with E-state index in [9.17, 15) is 0 Å². The van der Waals surface area contributed by atoms with Crippen molar-refractivity contribution in [1.29, 1.82) is 5.26 Å². The van der Waals surface area contributed by atoms with Gasteiger partial charge in [0.1, 0.15) is 5.54 Å². The number of nitrogens with two attached hydrogens (primary N) is 1. The summed E-state index contributed by atoms with van der Waals surface area (Å²) in [5.41, 5.74) is 5.29. The van der Waals surface area contributed by atoms with E-state index in [1.54, 1.807) is 12.5 Å². The molecule has 4 heteroatoms. The van der Waals surface area contributed by atoms with Gasteiger partial charge in [-0.05, 0) is 18.8 Å². The maximum atomic E-state index is 8.99. The van der Waals surface area contributed by atoms with Crippen molar-refractivity contribution < 1.29 is 0 Å². The van der Waals surface area contributed by atoms with Crippen molar-refractivity contribution >= 4 is 0 Å². The van der Waals surface area contributed by atoms with Crippen molar-refractivity contribution in [2.75, 3.05) is 0 Å². The predicted molar refractivity (Wildman–Crippen MR) is 47.5 cm³/mol. The minimum Gasteiger partial charge on any atom is -0.335 e. The summed E-state index contributed by atoms with van der Waals surface area (Å²) in [7, 11) is 0. The molecule has 2 N–H and O–H groups in total. The van der Waals surface area contributed by atoms with Crippen LogP contribution in [-0.4, -0.2) is 15.1 Å². The highest BCUT2D eigenvalue weighted by Crippen LogP contribution is 2.38. The lowest BCUT2D eigenvalue weighted by Gasteiger charge is -2.21. The second-order valence-electron chi connectivity index (χ2n) is 3.66. The summed E-state index contributed by atoms with van der Waals surface area (Å²) in [6.45, 7) is 0.550. The Hall–Kier alpha value is -1.34. The molecule has 2 rings (SSSR count). The van der Waals surface area contributed by atoms with Crippen LogP contribution in [0.5, 0.6) is 0 Å². The van der Waals surface area contributed by atoms with Gasteiger partial charge in [-0.1, -0.05) is 0 Å². The Labute approximate surface area is 77.0 Å². The number of rotatable bonds is 3. The highest BCUT2D eigenvalue weighted by molar-refractivity contribution is 5.13. The van der Waals surface area contributed by atoms with Crippen molar-refractivity contribution in [2.45, 2.75) is 24.9 Å². The molecular weight excluding hydrogens is 164 g/mol. The molecule has 1 atom stereocenters. The average molecular weight is 176 g/mol. The molecule has 13 heavy (non-hydrogen) atoms. The fourth-order valence-electron chi connectivity index (χ4n) is 1.54. The van der Waals surface area contributed by atoms with Crippen LogP contribution in [-0.2, 0) is 6.54 Å². The van der Waals surface area contributed by atoms with Crippen molar-refractivity contribution in [3.05, 3.63) is 18.7 Å². The Kier molecular flexibility index (Phi) is 1.82. The molecule has 1 aliphatic rings. The van der Waals surface area contributed by atoms with Crippen LogP contribution in [0.15, 0.2) is 18.7 Å². The lowest BCUT2D eigenvalue weighted by molar-refractivity contribution is 0.405. The molecule has 0 saturated heterocycles. The van der Waals surface area contributed by atoms with Crippen LogP contribution in [0.25, 0.3) is 0 Å². The molecule has 1 aromatic rings. The lowest BCUT2D eigenvalue weighted by Crippen LogP contribution is -2.44. The molecule has 1 saturated carbocycles. The summed E-state index contributed by atoms with van der Waals surface area (Å²) in [6.07, 6.45) is 7.39. The van der Waals surface area contributed by atoms with Crippen molar-refractivity contribution in [2.24, 2.45) is 11.7 Å². The third kappa shape index (κ3) is 1.56. The van der Waals surface area contributed by atoms with Crippen LogP contribution in [0.1, 0.15) is 12.8 Å². The Morgan fingerprint density at radius 3 is 2.92 bits per heavy atom. The summed E-state index contributed by atoms with van der Waals surface area (Å²) in [5, 5.41) is 8.99. The zero-order valence-electron chi connectivity index (χ0n) is 7.35. The lowest BCUT2D eigenvalue weighted by atomic mass is 9.96. The van der Waals surface area contributed by atoms with Gasteiger partial charge < -0.3 is 10.3 Å². The number of nitrogens with zero attached hydrogens (tertiary/aromatic N) is 3. The minimum absolute atomic E-state index is 0.375. The molecular formula is C9H12N4. The van der Waals surface area contributed by atoms with Crippen molar-refractivity contribution in [3.8, 4) is 6.07 Å². The van der Waals surface area contributed by atoms with E-state index in [4.69, 9.17) is 11.0 Å². The van der Waals surface area contributed by atoms with E-state index in [-0.39, 0.29) is 0 Å². The van der Waals surface area contributed by atoms with E-state index in [0.29, 0.717) is 12.5 Å². The Balaban J connectivity index is 2.11. The van der Waals surface area contributed by atoms with Crippen LogP contribution in [0.3, 0.4) is 0 Å². The molecule has 1 heterocycles. The maximum absolute atomic E-state index is 8.99. The van der Waals surface area contributed by atoms with Gasteiger partial charge >= 0.3 is 0 Å². The number of aromatic nitrogens is 2. The van der Waals surface area contributed by atoms with Gasteiger partial charge in [-0.25, -0.2) is 4.98 Å². The summed E-state index contributed by atoms with van der Waals surface area (Å²) in [6, 6.07) is 2.21. The van der Waals surface area contributed by atoms with Crippen LogP contribution in [0.4, 0.5) is 0 Å². The van der Waals surface area contributed by atoms with Gasteiger partial charge in [-0.3, -0.25) is 0 Å². The smallest absolute Gasteiger partial charge is 0.125 e. The first-order chi connectivity index (χ1) is 6.24. The maximum Gasteiger partial charge on any atom is 0.125 e.